The Kier molecular flexibility index (Phi) is 4.02. The van der Waals surface area contributed by atoms with Gasteiger partial charge < -0.3 is 0 Å². The first-order valence-electron chi connectivity index (χ1n) is 5.84. The minimum Gasteiger partial charge on any atom is -0.0705 e. The van der Waals surface area contributed by atoms with Crippen LogP contribution in [0.15, 0.2) is 11.1 Å². The van der Waals surface area contributed by atoms with E-state index in [4.69, 9.17) is 0 Å². The molecule has 1 saturated carbocycles. The highest BCUT2D eigenvalue weighted by atomic mass is 14.2. The Labute approximate surface area is 83.4 Å². The minimum absolute atomic E-state index is 0.757. The van der Waals surface area contributed by atoms with Crippen molar-refractivity contribution in [3.8, 4) is 0 Å². The zero-order chi connectivity index (χ0) is 9.84. The van der Waals surface area contributed by atoms with Crippen LogP contribution in [0.3, 0.4) is 0 Å². The highest BCUT2D eigenvalue weighted by molar-refractivity contribution is 5.19. The highest BCUT2D eigenvalue weighted by Crippen LogP contribution is 2.32. The second kappa shape index (κ2) is 4.83. The number of hydrogen-bond acceptors (Lipinski definition) is 0. The second-order valence-electron chi connectivity index (χ2n) is 4.93. The van der Waals surface area contributed by atoms with Gasteiger partial charge in [0, 0.05) is 0 Å². The molecule has 0 amide bonds. The van der Waals surface area contributed by atoms with E-state index in [1.165, 1.54) is 32.1 Å². The third-order valence-electron chi connectivity index (χ3n) is 3.11. The van der Waals surface area contributed by atoms with Gasteiger partial charge in [-0.2, -0.15) is 0 Å². The van der Waals surface area contributed by atoms with Crippen LogP contribution in [-0.2, 0) is 0 Å². The van der Waals surface area contributed by atoms with Crippen LogP contribution >= 0.6 is 0 Å². The fourth-order valence-electron chi connectivity index (χ4n) is 2.75. The lowest BCUT2D eigenvalue weighted by Gasteiger charge is -2.24. The Bertz CT molecular complexity index is 166. The maximum absolute atomic E-state index is 2.34. The summed E-state index contributed by atoms with van der Waals surface area (Å²) < 4.78 is 0. The van der Waals surface area contributed by atoms with Crippen molar-refractivity contribution in [2.45, 2.75) is 59.8 Å². The average Bonchev–Trinajstić information content (AvgIpc) is 2.04. The number of hydrogen-bond donors (Lipinski definition) is 0. The maximum atomic E-state index is 2.34. The van der Waals surface area contributed by atoms with Crippen molar-refractivity contribution in [2.75, 3.05) is 0 Å². The monoisotopic (exact) mass is 180 g/mol. The van der Waals surface area contributed by atoms with Crippen molar-refractivity contribution in [1.82, 2.24) is 0 Å². The lowest BCUT2D eigenvalue weighted by Crippen LogP contribution is -2.09. The standard InChI is InChI=1S/C13H24/c1-10(2)13(11(3)4)12-8-6-5-7-9-12/h10-11H,5-9H2,1-4H3. The molecule has 0 nitrogen and oxygen atoms in total. The first-order valence-corrected chi connectivity index (χ1v) is 5.84. The molecular formula is C13H24. The van der Waals surface area contributed by atoms with Gasteiger partial charge in [-0.1, -0.05) is 45.3 Å². The third-order valence-corrected chi connectivity index (χ3v) is 3.11. The van der Waals surface area contributed by atoms with E-state index in [-0.39, 0.29) is 0 Å². The lowest BCUT2D eigenvalue weighted by atomic mass is 9.82. The van der Waals surface area contributed by atoms with Gasteiger partial charge in [0.25, 0.3) is 0 Å². The Balaban J connectivity index is 2.80. The van der Waals surface area contributed by atoms with E-state index in [1.54, 1.807) is 11.1 Å². The summed E-state index contributed by atoms with van der Waals surface area (Å²) in [5, 5.41) is 0. The average molecular weight is 180 g/mol. The summed E-state index contributed by atoms with van der Waals surface area (Å²) in [6, 6.07) is 0. The molecule has 0 unspecified atom stereocenters. The molecule has 1 aliphatic rings. The van der Waals surface area contributed by atoms with Gasteiger partial charge in [-0.3, -0.25) is 0 Å². The number of allylic oxidation sites excluding steroid dienone is 2. The Morgan fingerprint density at radius 2 is 1.31 bits per heavy atom. The Morgan fingerprint density at radius 3 is 1.69 bits per heavy atom. The van der Waals surface area contributed by atoms with Crippen molar-refractivity contribution in [1.29, 1.82) is 0 Å². The van der Waals surface area contributed by atoms with Crippen LogP contribution in [-0.4, -0.2) is 0 Å². The molecular weight excluding hydrogens is 156 g/mol. The van der Waals surface area contributed by atoms with Crippen LogP contribution in [0, 0.1) is 11.8 Å². The Hall–Kier alpha value is -0.260. The van der Waals surface area contributed by atoms with E-state index in [1.807, 2.05) is 0 Å². The van der Waals surface area contributed by atoms with Crippen molar-refractivity contribution in [3.63, 3.8) is 0 Å². The van der Waals surface area contributed by atoms with Crippen LogP contribution in [0.1, 0.15) is 59.8 Å². The summed E-state index contributed by atoms with van der Waals surface area (Å²) in [6.45, 7) is 9.38. The number of rotatable bonds is 2. The van der Waals surface area contributed by atoms with Gasteiger partial charge in [-0.25, -0.2) is 0 Å². The van der Waals surface area contributed by atoms with Crippen molar-refractivity contribution in [3.05, 3.63) is 11.1 Å². The van der Waals surface area contributed by atoms with Crippen molar-refractivity contribution < 1.29 is 0 Å². The van der Waals surface area contributed by atoms with E-state index in [9.17, 15) is 0 Å². The lowest BCUT2D eigenvalue weighted by molar-refractivity contribution is 0.544. The zero-order valence-corrected chi connectivity index (χ0v) is 9.69. The van der Waals surface area contributed by atoms with E-state index in [0.717, 1.165) is 11.8 Å². The summed E-state index contributed by atoms with van der Waals surface area (Å²) in [6.07, 6.45) is 7.07. The minimum atomic E-state index is 0.757. The van der Waals surface area contributed by atoms with E-state index >= 15 is 0 Å². The summed E-state index contributed by atoms with van der Waals surface area (Å²) in [7, 11) is 0. The molecule has 0 aromatic heterocycles. The molecule has 1 aliphatic carbocycles. The summed E-state index contributed by atoms with van der Waals surface area (Å²) in [5.74, 6) is 1.51. The van der Waals surface area contributed by atoms with Crippen LogP contribution in [0.5, 0.6) is 0 Å². The van der Waals surface area contributed by atoms with Gasteiger partial charge in [0.05, 0.1) is 0 Å². The quantitative estimate of drug-likeness (QED) is 0.546. The fourth-order valence-corrected chi connectivity index (χ4v) is 2.75. The fraction of sp³-hybridized carbons (Fsp3) is 0.846. The molecule has 76 valence electrons. The maximum Gasteiger partial charge on any atom is -0.0255 e. The van der Waals surface area contributed by atoms with Crippen molar-refractivity contribution in [2.24, 2.45) is 11.8 Å². The normalized spacial score (nSPS) is 18.5. The van der Waals surface area contributed by atoms with Gasteiger partial charge in [-0.15, -0.1) is 0 Å². The summed E-state index contributed by atoms with van der Waals surface area (Å²) in [5.41, 5.74) is 3.54. The second-order valence-corrected chi connectivity index (χ2v) is 4.93. The highest BCUT2D eigenvalue weighted by Gasteiger charge is 2.16. The van der Waals surface area contributed by atoms with E-state index < -0.39 is 0 Å². The van der Waals surface area contributed by atoms with Gasteiger partial charge in [0.15, 0.2) is 0 Å². The van der Waals surface area contributed by atoms with Crippen LogP contribution in [0.25, 0.3) is 0 Å². The molecule has 0 atom stereocenters. The molecule has 1 rings (SSSR count). The topological polar surface area (TPSA) is 0 Å². The summed E-state index contributed by atoms with van der Waals surface area (Å²) >= 11 is 0. The van der Waals surface area contributed by atoms with E-state index in [0.29, 0.717) is 0 Å². The van der Waals surface area contributed by atoms with Gasteiger partial charge in [-0.05, 0) is 37.5 Å². The Morgan fingerprint density at radius 1 is 0.846 bits per heavy atom. The zero-order valence-electron chi connectivity index (χ0n) is 9.69. The van der Waals surface area contributed by atoms with Gasteiger partial charge in [0.2, 0.25) is 0 Å². The first-order chi connectivity index (χ1) is 6.13. The summed E-state index contributed by atoms with van der Waals surface area (Å²) in [4.78, 5) is 0. The third kappa shape index (κ3) is 2.86. The smallest absolute Gasteiger partial charge is 0.0255 e. The van der Waals surface area contributed by atoms with Crippen LogP contribution in [0.4, 0.5) is 0 Å². The van der Waals surface area contributed by atoms with Crippen molar-refractivity contribution >= 4 is 0 Å². The van der Waals surface area contributed by atoms with Crippen LogP contribution < -0.4 is 0 Å². The SMILES string of the molecule is CC(C)C(=C1CCCCC1)C(C)C. The molecule has 0 aromatic carbocycles. The molecule has 0 heterocycles. The van der Waals surface area contributed by atoms with Gasteiger partial charge in [0.1, 0.15) is 0 Å². The molecule has 0 heteroatoms. The molecule has 0 spiro atoms. The molecule has 0 bridgehead atoms. The predicted octanol–water partition coefficient (Wildman–Crippen LogP) is 4.56. The largest absolute Gasteiger partial charge is 0.0705 e. The molecule has 0 N–H and O–H groups in total. The van der Waals surface area contributed by atoms with Crippen LogP contribution in [0.2, 0.25) is 0 Å². The van der Waals surface area contributed by atoms with E-state index in [2.05, 4.69) is 27.7 Å². The van der Waals surface area contributed by atoms with Gasteiger partial charge >= 0.3 is 0 Å². The molecule has 0 aromatic rings. The predicted molar refractivity (Wildman–Crippen MR) is 59.8 cm³/mol. The molecule has 13 heavy (non-hydrogen) atoms. The molecule has 0 saturated heterocycles. The molecule has 0 aliphatic heterocycles. The molecule has 1 fully saturated rings. The first kappa shape index (κ1) is 10.8. The molecule has 0 radical (unpaired) electrons.